The molecule has 0 radical (unpaired) electrons. The van der Waals surface area contributed by atoms with Crippen LogP contribution in [0.2, 0.25) is 0 Å². The number of fused-ring (bicyclic) bond motifs is 1. The Hall–Kier alpha value is -2.03. The van der Waals surface area contributed by atoms with Crippen molar-refractivity contribution < 1.29 is 14.3 Å². The molecule has 8 heteroatoms. The number of aromatic nitrogens is 2. The smallest absolute Gasteiger partial charge is 0.262 e. The second kappa shape index (κ2) is 8.33. The Morgan fingerprint density at radius 1 is 1.33 bits per heavy atom. The van der Waals surface area contributed by atoms with Crippen LogP contribution in [0, 0.1) is 6.92 Å². The maximum absolute atomic E-state index is 12.9. The molecule has 3 rings (SSSR count). The lowest BCUT2D eigenvalue weighted by atomic mass is 10.1. The van der Waals surface area contributed by atoms with E-state index in [2.05, 4.69) is 31.2 Å². The van der Waals surface area contributed by atoms with Gasteiger partial charge in [0.25, 0.3) is 5.91 Å². The number of ether oxygens (including phenoxy) is 2. The summed E-state index contributed by atoms with van der Waals surface area (Å²) in [4.78, 5) is 23.1. The molecule has 0 bridgehead atoms. The molecule has 1 aromatic carbocycles. The summed E-state index contributed by atoms with van der Waals surface area (Å²) < 4.78 is 11.5. The van der Waals surface area contributed by atoms with Gasteiger partial charge in [-0.25, -0.2) is 4.98 Å². The molecular formula is C19H20BrN3O3S. The van der Waals surface area contributed by atoms with Crippen molar-refractivity contribution in [2.75, 3.05) is 14.2 Å². The number of nitrogens with zero attached hydrogens (tertiary/aromatic N) is 2. The predicted octanol–water partition coefficient (Wildman–Crippen LogP) is 4.41. The molecule has 3 aromatic rings. The number of amides is 1. The van der Waals surface area contributed by atoms with E-state index >= 15 is 0 Å². The van der Waals surface area contributed by atoms with Gasteiger partial charge in [-0.15, -0.1) is 11.3 Å². The van der Waals surface area contributed by atoms with Crippen molar-refractivity contribution in [3.05, 3.63) is 50.6 Å². The first-order valence-corrected chi connectivity index (χ1v) is 9.94. The molecule has 0 saturated heterocycles. The number of hydrogen-bond acceptors (Lipinski definition) is 6. The largest absolute Gasteiger partial charge is 0.480 e. The molecule has 1 unspecified atom stereocenters. The minimum Gasteiger partial charge on any atom is -0.480 e. The summed E-state index contributed by atoms with van der Waals surface area (Å²) in [6.45, 7) is 4.13. The number of methoxy groups -OCH3 is 2. The van der Waals surface area contributed by atoms with E-state index in [1.807, 2.05) is 38.1 Å². The van der Waals surface area contributed by atoms with Crippen LogP contribution in [0.3, 0.4) is 0 Å². The Bertz CT molecular complexity index is 990. The van der Waals surface area contributed by atoms with E-state index in [9.17, 15) is 4.79 Å². The van der Waals surface area contributed by atoms with Gasteiger partial charge in [-0.1, -0.05) is 28.1 Å². The zero-order valence-corrected chi connectivity index (χ0v) is 17.9. The van der Waals surface area contributed by atoms with Crippen LogP contribution in [0.25, 0.3) is 10.2 Å². The molecule has 2 heterocycles. The van der Waals surface area contributed by atoms with Crippen molar-refractivity contribution in [1.82, 2.24) is 15.3 Å². The molecule has 0 fully saturated rings. The van der Waals surface area contributed by atoms with Crippen LogP contribution in [-0.4, -0.2) is 30.1 Å². The summed E-state index contributed by atoms with van der Waals surface area (Å²) in [6, 6.07) is 7.76. The van der Waals surface area contributed by atoms with E-state index in [-0.39, 0.29) is 18.6 Å². The monoisotopic (exact) mass is 449 g/mol. The highest BCUT2D eigenvalue weighted by atomic mass is 79.9. The second-order valence-electron chi connectivity index (χ2n) is 6.07. The van der Waals surface area contributed by atoms with Gasteiger partial charge in [0.05, 0.1) is 23.4 Å². The molecule has 1 amide bonds. The molecule has 0 aliphatic rings. The van der Waals surface area contributed by atoms with Crippen LogP contribution in [0.4, 0.5) is 0 Å². The van der Waals surface area contributed by atoms with Crippen LogP contribution < -0.4 is 10.1 Å². The Labute approximate surface area is 170 Å². The van der Waals surface area contributed by atoms with Gasteiger partial charge in [0.1, 0.15) is 11.4 Å². The fraction of sp³-hybridized carbons (Fsp3) is 0.316. The maximum Gasteiger partial charge on any atom is 0.262 e. The third-order valence-electron chi connectivity index (χ3n) is 4.17. The van der Waals surface area contributed by atoms with E-state index in [4.69, 9.17) is 9.47 Å². The lowest BCUT2D eigenvalue weighted by Crippen LogP contribution is -2.26. The van der Waals surface area contributed by atoms with Crippen molar-refractivity contribution in [3.8, 4) is 5.88 Å². The van der Waals surface area contributed by atoms with Gasteiger partial charge in [0.15, 0.2) is 5.82 Å². The first kappa shape index (κ1) is 19.7. The molecule has 0 saturated carbocycles. The van der Waals surface area contributed by atoms with Gasteiger partial charge < -0.3 is 14.8 Å². The molecule has 0 aliphatic carbocycles. The lowest BCUT2D eigenvalue weighted by molar-refractivity contribution is 0.0943. The molecule has 1 atom stereocenters. The zero-order valence-electron chi connectivity index (χ0n) is 15.5. The molecule has 142 valence electrons. The van der Waals surface area contributed by atoms with E-state index in [1.54, 1.807) is 14.2 Å². The summed E-state index contributed by atoms with van der Waals surface area (Å²) in [7, 11) is 3.15. The highest BCUT2D eigenvalue weighted by Gasteiger charge is 2.22. The number of benzene rings is 1. The average molecular weight is 450 g/mol. The molecule has 0 aliphatic heterocycles. The van der Waals surface area contributed by atoms with Gasteiger partial charge in [0, 0.05) is 11.6 Å². The van der Waals surface area contributed by atoms with Crippen molar-refractivity contribution >= 4 is 43.4 Å². The number of carbonyl (C=O) groups excluding carboxylic acids is 1. The average Bonchev–Trinajstić information content (AvgIpc) is 2.98. The van der Waals surface area contributed by atoms with Crippen LogP contribution in [0.15, 0.2) is 28.7 Å². The third-order valence-corrected chi connectivity index (χ3v) is 5.85. The number of halogens is 1. The summed E-state index contributed by atoms with van der Waals surface area (Å²) in [5, 5.41) is 3.82. The van der Waals surface area contributed by atoms with Gasteiger partial charge in [-0.2, -0.15) is 4.98 Å². The molecule has 6 nitrogen and oxygen atoms in total. The summed E-state index contributed by atoms with van der Waals surface area (Å²) in [5.41, 5.74) is 1.84. The number of rotatable bonds is 6. The van der Waals surface area contributed by atoms with Gasteiger partial charge >= 0.3 is 0 Å². The van der Waals surface area contributed by atoms with Gasteiger partial charge in [-0.3, -0.25) is 4.79 Å². The van der Waals surface area contributed by atoms with Crippen LogP contribution in [-0.2, 0) is 11.3 Å². The fourth-order valence-electron chi connectivity index (χ4n) is 2.82. The predicted molar refractivity (Wildman–Crippen MR) is 109 cm³/mol. The Morgan fingerprint density at radius 2 is 2.11 bits per heavy atom. The first-order valence-electron chi connectivity index (χ1n) is 8.33. The highest BCUT2D eigenvalue weighted by molar-refractivity contribution is 9.10. The molecule has 0 spiro atoms. The minimum atomic E-state index is -0.140. The molecule has 1 N–H and O–H groups in total. The van der Waals surface area contributed by atoms with Crippen molar-refractivity contribution in [2.45, 2.75) is 26.5 Å². The second-order valence-corrected chi connectivity index (χ2v) is 7.98. The number of hydrogen-bond donors (Lipinski definition) is 1. The third kappa shape index (κ3) is 4.12. The van der Waals surface area contributed by atoms with E-state index in [1.165, 1.54) is 11.3 Å². The van der Waals surface area contributed by atoms with Crippen LogP contribution in [0.5, 0.6) is 5.88 Å². The SMILES string of the molecule is COCc1nc(OC)c2c(C)c(C(=O)NC(C)c3cccc(Br)c3)sc2n1. The summed E-state index contributed by atoms with van der Waals surface area (Å²) >= 11 is 4.80. The number of aryl methyl sites for hydroxylation is 1. The number of carbonyl (C=O) groups is 1. The van der Waals surface area contributed by atoms with E-state index in [0.717, 1.165) is 21.0 Å². The quantitative estimate of drug-likeness (QED) is 0.603. The molecular weight excluding hydrogens is 430 g/mol. The van der Waals surface area contributed by atoms with E-state index in [0.29, 0.717) is 21.4 Å². The molecule has 27 heavy (non-hydrogen) atoms. The topological polar surface area (TPSA) is 73.3 Å². The van der Waals surface area contributed by atoms with Crippen LogP contribution in [0.1, 0.15) is 39.6 Å². The highest BCUT2D eigenvalue weighted by Crippen LogP contribution is 2.35. The Morgan fingerprint density at radius 3 is 2.78 bits per heavy atom. The molecule has 2 aromatic heterocycles. The van der Waals surface area contributed by atoms with E-state index < -0.39 is 0 Å². The number of thiophene rings is 1. The van der Waals surface area contributed by atoms with Crippen molar-refractivity contribution in [1.29, 1.82) is 0 Å². The number of nitrogens with one attached hydrogen (secondary N) is 1. The van der Waals surface area contributed by atoms with Crippen LogP contribution >= 0.6 is 27.3 Å². The van der Waals surface area contributed by atoms with Crippen molar-refractivity contribution in [2.24, 2.45) is 0 Å². The van der Waals surface area contributed by atoms with Gasteiger partial charge in [-0.05, 0) is 37.1 Å². The first-order chi connectivity index (χ1) is 12.9. The normalized spacial score (nSPS) is 12.2. The zero-order chi connectivity index (χ0) is 19.6. The van der Waals surface area contributed by atoms with Gasteiger partial charge in [0.2, 0.25) is 5.88 Å². The Kier molecular flexibility index (Phi) is 6.08. The van der Waals surface area contributed by atoms with Crippen molar-refractivity contribution in [3.63, 3.8) is 0 Å². The fourth-order valence-corrected chi connectivity index (χ4v) is 4.33. The lowest BCUT2D eigenvalue weighted by Gasteiger charge is -2.14. The Balaban J connectivity index is 1.93. The summed E-state index contributed by atoms with van der Waals surface area (Å²) in [5.74, 6) is 0.843. The standard InChI is InChI=1S/C19H20BrN3O3S/c1-10-15-18(26-4)22-14(9-25-3)23-19(15)27-16(10)17(24)21-11(2)12-6-5-7-13(20)8-12/h5-8,11H,9H2,1-4H3,(H,21,24). The minimum absolute atomic E-state index is 0.128. The summed E-state index contributed by atoms with van der Waals surface area (Å²) in [6.07, 6.45) is 0. The maximum atomic E-state index is 12.9.